The van der Waals surface area contributed by atoms with Crippen LogP contribution in [0.25, 0.3) is 0 Å². The average molecular weight is 430 g/mol. The molecule has 0 radical (unpaired) electrons. The van der Waals surface area contributed by atoms with Crippen molar-refractivity contribution < 1.29 is 13.7 Å². The Morgan fingerprint density at radius 3 is 2.67 bits per heavy atom. The molecule has 3 N–H and O–H groups in total. The third kappa shape index (κ3) is 3.39. The Labute approximate surface area is 176 Å². The molecule has 0 saturated carbocycles. The lowest BCUT2D eigenvalue weighted by Crippen LogP contribution is -2.19. The van der Waals surface area contributed by atoms with Gasteiger partial charge in [0, 0.05) is 12.2 Å². The molecule has 1 aromatic carbocycles. The van der Waals surface area contributed by atoms with E-state index in [2.05, 4.69) is 27.8 Å². The highest BCUT2D eigenvalue weighted by atomic mass is 32.2. The minimum Gasteiger partial charge on any atom is -0.477 e. The molecule has 3 aliphatic rings. The van der Waals surface area contributed by atoms with E-state index >= 15 is 0 Å². The Bertz CT molecular complexity index is 1110. The standard InChI is InChI=1S/C21H27N5O3S/c1-13-8-9-26-20(29-12-13)18(11-23-26)30(22,28)25-21(27)24-19-16-6-2-4-14(16)10-15-5-3-7-17(15)19/h10-11,13H,2-9,12H2,1H3,(H3,22,24,25,27,28)/t13-,30+/m1/s1. The Balaban J connectivity index is 1.46. The van der Waals surface area contributed by atoms with Crippen LogP contribution in [-0.2, 0) is 42.1 Å². The van der Waals surface area contributed by atoms with Crippen molar-refractivity contribution in [3.63, 3.8) is 0 Å². The molecule has 2 heterocycles. The van der Waals surface area contributed by atoms with Crippen LogP contribution in [0.2, 0.25) is 0 Å². The SMILES string of the molecule is C[C@@H]1CCn2ncc([S@@](N)(=O)=NC(=O)Nc3c4c(cc5c3CCC5)CCC4)c2OC1. The van der Waals surface area contributed by atoms with E-state index in [0.29, 0.717) is 24.9 Å². The normalized spacial score (nSPS) is 21.6. The van der Waals surface area contributed by atoms with Crippen molar-refractivity contribution in [2.24, 2.45) is 15.4 Å². The number of nitrogens with one attached hydrogen (secondary N) is 1. The van der Waals surface area contributed by atoms with E-state index in [1.807, 2.05) is 0 Å². The zero-order valence-corrected chi connectivity index (χ0v) is 18.0. The minimum atomic E-state index is -3.48. The summed E-state index contributed by atoms with van der Waals surface area (Å²) in [6, 6.07) is 1.61. The fraction of sp³-hybridized carbons (Fsp3) is 0.524. The number of aromatic nitrogens is 2. The van der Waals surface area contributed by atoms with Gasteiger partial charge in [-0.05, 0) is 73.1 Å². The number of nitrogens with two attached hydrogens (primary N) is 1. The molecule has 8 nitrogen and oxygen atoms in total. The molecule has 160 valence electrons. The first-order valence-corrected chi connectivity index (χ1v) is 12.2. The lowest BCUT2D eigenvalue weighted by molar-refractivity contribution is 0.254. The van der Waals surface area contributed by atoms with Gasteiger partial charge in [0.15, 0.2) is 9.92 Å². The molecule has 9 heteroatoms. The van der Waals surface area contributed by atoms with Crippen LogP contribution in [0.15, 0.2) is 21.5 Å². The number of benzene rings is 1. The molecule has 5 rings (SSSR count). The fourth-order valence-electron chi connectivity index (χ4n) is 4.78. The quantitative estimate of drug-likeness (QED) is 0.763. The third-order valence-corrected chi connectivity index (χ3v) is 7.68. The van der Waals surface area contributed by atoms with Gasteiger partial charge in [-0.15, -0.1) is 4.36 Å². The minimum absolute atomic E-state index is 0.176. The number of carbonyl (C=O) groups excluding carboxylic acids is 1. The number of aryl methyl sites for hydroxylation is 3. The van der Waals surface area contributed by atoms with Crippen LogP contribution >= 0.6 is 0 Å². The summed E-state index contributed by atoms with van der Waals surface area (Å²) < 4.78 is 24.5. The molecule has 2 amide bonds. The predicted molar refractivity (Wildman–Crippen MR) is 114 cm³/mol. The van der Waals surface area contributed by atoms with Gasteiger partial charge in [0.2, 0.25) is 5.88 Å². The van der Waals surface area contributed by atoms with E-state index < -0.39 is 15.9 Å². The molecular formula is C21H27N5O3S. The number of urea groups is 1. The highest BCUT2D eigenvalue weighted by Crippen LogP contribution is 2.38. The van der Waals surface area contributed by atoms with Gasteiger partial charge < -0.3 is 10.1 Å². The molecule has 0 fully saturated rings. The lowest BCUT2D eigenvalue weighted by Gasteiger charge is -2.15. The van der Waals surface area contributed by atoms with Crippen molar-refractivity contribution >= 4 is 21.6 Å². The van der Waals surface area contributed by atoms with Gasteiger partial charge in [-0.2, -0.15) is 5.10 Å². The van der Waals surface area contributed by atoms with Gasteiger partial charge >= 0.3 is 6.03 Å². The summed E-state index contributed by atoms with van der Waals surface area (Å²) in [4.78, 5) is 13.0. The molecule has 0 saturated heterocycles. The average Bonchev–Trinajstić information content (AvgIpc) is 3.41. The Hall–Kier alpha value is -2.39. The van der Waals surface area contributed by atoms with Crippen LogP contribution in [0.1, 0.15) is 48.4 Å². The van der Waals surface area contributed by atoms with Crippen molar-refractivity contribution in [3.05, 3.63) is 34.5 Å². The topological polar surface area (TPSA) is 112 Å². The number of anilines is 1. The summed E-state index contributed by atoms with van der Waals surface area (Å²) in [5.41, 5.74) is 5.87. The summed E-state index contributed by atoms with van der Waals surface area (Å²) >= 11 is 0. The molecular weight excluding hydrogens is 402 g/mol. The van der Waals surface area contributed by atoms with E-state index in [-0.39, 0.29) is 4.90 Å². The summed E-state index contributed by atoms with van der Waals surface area (Å²) in [7, 11) is -3.48. The van der Waals surface area contributed by atoms with Crippen LogP contribution in [0.3, 0.4) is 0 Å². The molecule has 0 spiro atoms. The Morgan fingerprint density at radius 2 is 1.97 bits per heavy atom. The van der Waals surface area contributed by atoms with Gasteiger partial charge in [0.25, 0.3) is 0 Å². The van der Waals surface area contributed by atoms with Gasteiger partial charge in [-0.1, -0.05) is 13.0 Å². The second kappa shape index (κ2) is 7.39. The molecule has 2 atom stereocenters. The van der Waals surface area contributed by atoms with E-state index in [4.69, 9.17) is 9.88 Å². The molecule has 0 unspecified atom stereocenters. The number of fused-ring (bicyclic) bond motifs is 3. The smallest absolute Gasteiger partial charge is 0.354 e. The van der Waals surface area contributed by atoms with Crippen molar-refractivity contribution in [1.29, 1.82) is 0 Å². The molecule has 2 aromatic rings. The lowest BCUT2D eigenvalue weighted by atomic mass is 9.99. The van der Waals surface area contributed by atoms with Crippen LogP contribution in [0.5, 0.6) is 5.88 Å². The summed E-state index contributed by atoms with van der Waals surface area (Å²) in [6.45, 7) is 3.23. The van der Waals surface area contributed by atoms with Crippen molar-refractivity contribution in [3.8, 4) is 5.88 Å². The van der Waals surface area contributed by atoms with Crippen LogP contribution < -0.4 is 15.2 Å². The maximum absolute atomic E-state index is 13.2. The predicted octanol–water partition coefficient (Wildman–Crippen LogP) is 3.21. The second-order valence-corrected chi connectivity index (χ2v) is 10.3. The highest BCUT2D eigenvalue weighted by molar-refractivity contribution is 7.91. The number of carbonyl (C=O) groups is 1. The Morgan fingerprint density at radius 1 is 1.27 bits per heavy atom. The number of ether oxygens (including phenoxy) is 1. The number of amides is 2. The van der Waals surface area contributed by atoms with E-state index in [1.54, 1.807) is 4.68 Å². The second-order valence-electron chi connectivity index (χ2n) is 8.57. The number of hydrogen-bond donors (Lipinski definition) is 2. The van der Waals surface area contributed by atoms with Gasteiger partial charge in [-0.25, -0.2) is 18.8 Å². The summed E-state index contributed by atoms with van der Waals surface area (Å²) in [5.74, 6) is 0.709. The molecule has 1 aliphatic heterocycles. The fourth-order valence-corrected chi connectivity index (χ4v) is 5.78. The van der Waals surface area contributed by atoms with Gasteiger partial charge in [0.1, 0.15) is 4.90 Å². The summed E-state index contributed by atoms with van der Waals surface area (Å²) in [6.07, 6.45) is 8.44. The molecule has 0 bridgehead atoms. The summed E-state index contributed by atoms with van der Waals surface area (Å²) in [5, 5.41) is 13.2. The van der Waals surface area contributed by atoms with E-state index in [0.717, 1.165) is 50.6 Å². The first-order valence-electron chi connectivity index (χ1n) is 10.6. The van der Waals surface area contributed by atoms with Crippen molar-refractivity contribution in [1.82, 2.24) is 9.78 Å². The van der Waals surface area contributed by atoms with Crippen LogP contribution in [0, 0.1) is 5.92 Å². The largest absolute Gasteiger partial charge is 0.477 e. The van der Waals surface area contributed by atoms with Crippen LogP contribution in [-0.4, -0.2) is 26.6 Å². The molecule has 2 aliphatic carbocycles. The molecule has 1 aromatic heterocycles. The van der Waals surface area contributed by atoms with Gasteiger partial charge in [-0.3, -0.25) is 0 Å². The van der Waals surface area contributed by atoms with Gasteiger partial charge in [0.05, 0.1) is 12.8 Å². The zero-order chi connectivity index (χ0) is 20.9. The number of rotatable bonds is 2. The van der Waals surface area contributed by atoms with Crippen molar-refractivity contribution in [2.75, 3.05) is 11.9 Å². The number of hydrogen-bond acceptors (Lipinski definition) is 4. The van der Waals surface area contributed by atoms with Crippen LogP contribution in [0.4, 0.5) is 10.5 Å². The first kappa shape index (κ1) is 19.6. The highest BCUT2D eigenvalue weighted by Gasteiger charge is 2.27. The first-order chi connectivity index (χ1) is 14.4. The van der Waals surface area contributed by atoms with E-state index in [1.165, 1.54) is 28.5 Å². The van der Waals surface area contributed by atoms with E-state index in [9.17, 15) is 9.00 Å². The maximum Gasteiger partial charge on any atom is 0.354 e. The third-order valence-electron chi connectivity index (χ3n) is 6.34. The van der Waals surface area contributed by atoms with Crippen molar-refractivity contribution in [2.45, 2.75) is 63.3 Å². The monoisotopic (exact) mass is 429 g/mol. The zero-order valence-electron chi connectivity index (χ0n) is 17.1. The maximum atomic E-state index is 13.2. The Kier molecular flexibility index (Phi) is 4.82. The number of nitrogens with zero attached hydrogens (tertiary/aromatic N) is 3. The molecule has 30 heavy (non-hydrogen) atoms.